The molecule has 2 aromatic heterocycles. The van der Waals surface area contributed by atoms with Crippen LogP contribution in [0.5, 0.6) is 0 Å². The Balaban J connectivity index is 1.36. The molecule has 5 rings (SSSR count). The van der Waals surface area contributed by atoms with Gasteiger partial charge in [-0.05, 0) is 48.9 Å². The maximum Gasteiger partial charge on any atom is 0.229 e. The van der Waals surface area contributed by atoms with E-state index in [1.165, 1.54) is 11.1 Å². The first-order valence-electron chi connectivity index (χ1n) is 9.53. The number of amides is 1. The Hall–Kier alpha value is -2.53. The quantitative estimate of drug-likeness (QED) is 0.663. The Morgan fingerprint density at radius 2 is 2.04 bits per heavy atom. The molecule has 1 fully saturated rings. The Labute approximate surface area is 162 Å². The zero-order valence-corrected chi connectivity index (χ0v) is 15.9. The van der Waals surface area contributed by atoms with Gasteiger partial charge in [0, 0.05) is 29.4 Å². The SMILES string of the molecule is O=C(Cc1csc(-c2cccnc2)n1)N(C1CC1)[C@@H]1CCc2ccccc21. The summed E-state index contributed by atoms with van der Waals surface area (Å²) >= 11 is 1.58. The van der Waals surface area contributed by atoms with Gasteiger partial charge in [0.15, 0.2) is 0 Å². The second-order valence-corrected chi connectivity index (χ2v) is 8.21. The van der Waals surface area contributed by atoms with E-state index in [-0.39, 0.29) is 11.9 Å². The number of fused-ring (bicyclic) bond motifs is 1. The average molecular weight is 375 g/mol. The number of thiazole rings is 1. The topological polar surface area (TPSA) is 46.1 Å². The summed E-state index contributed by atoms with van der Waals surface area (Å²) in [6, 6.07) is 13.1. The molecule has 0 N–H and O–H groups in total. The predicted octanol–water partition coefficient (Wildman–Crippen LogP) is 4.43. The van der Waals surface area contributed by atoms with Crippen LogP contribution in [0, 0.1) is 0 Å². The lowest BCUT2D eigenvalue weighted by Gasteiger charge is -2.30. The maximum atomic E-state index is 13.2. The van der Waals surface area contributed by atoms with Crippen LogP contribution < -0.4 is 0 Å². The fraction of sp³-hybridized carbons (Fsp3) is 0.318. The maximum absolute atomic E-state index is 13.2. The molecule has 1 saturated carbocycles. The van der Waals surface area contributed by atoms with E-state index in [4.69, 9.17) is 0 Å². The van der Waals surface area contributed by atoms with E-state index in [9.17, 15) is 4.79 Å². The molecule has 5 heteroatoms. The fourth-order valence-corrected chi connectivity index (χ4v) is 4.87. The van der Waals surface area contributed by atoms with Crippen molar-refractivity contribution >= 4 is 17.2 Å². The average Bonchev–Trinajstić information content (AvgIpc) is 3.27. The Bertz CT molecular complexity index is 964. The summed E-state index contributed by atoms with van der Waals surface area (Å²) in [6.07, 6.45) is 8.32. The van der Waals surface area contributed by atoms with Crippen LogP contribution >= 0.6 is 11.3 Å². The Kier molecular flexibility index (Phi) is 4.24. The van der Waals surface area contributed by atoms with Gasteiger partial charge in [0.1, 0.15) is 5.01 Å². The molecular weight excluding hydrogens is 354 g/mol. The zero-order valence-electron chi connectivity index (χ0n) is 15.0. The number of aryl methyl sites for hydroxylation is 1. The summed E-state index contributed by atoms with van der Waals surface area (Å²) in [5.74, 6) is 0.210. The van der Waals surface area contributed by atoms with Crippen LogP contribution in [-0.2, 0) is 17.6 Å². The lowest BCUT2D eigenvalue weighted by Crippen LogP contribution is -2.37. The van der Waals surface area contributed by atoms with Crippen molar-refractivity contribution in [3.8, 4) is 10.6 Å². The van der Waals surface area contributed by atoms with E-state index in [0.29, 0.717) is 12.5 Å². The molecule has 1 aromatic carbocycles. The number of pyridine rings is 1. The molecule has 27 heavy (non-hydrogen) atoms. The van der Waals surface area contributed by atoms with E-state index in [1.807, 2.05) is 23.7 Å². The highest BCUT2D eigenvalue weighted by molar-refractivity contribution is 7.13. The number of hydrogen-bond donors (Lipinski definition) is 0. The molecule has 2 heterocycles. The van der Waals surface area contributed by atoms with Crippen LogP contribution in [0.2, 0.25) is 0 Å². The summed E-state index contributed by atoms with van der Waals surface area (Å²) in [5, 5.41) is 2.93. The molecule has 2 aliphatic carbocycles. The van der Waals surface area contributed by atoms with Crippen LogP contribution in [0.15, 0.2) is 54.2 Å². The van der Waals surface area contributed by atoms with Crippen LogP contribution in [0.4, 0.5) is 0 Å². The van der Waals surface area contributed by atoms with Crippen molar-refractivity contribution in [1.82, 2.24) is 14.9 Å². The Morgan fingerprint density at radius 3 is 2.85 bits per heavy atom. The summed E-state index contributed by atoms with van der Waals surface area (Å²) in [4.78, 5) is 24.2. The second kappa shape index (κ2) is 6.89. The highest BCUT2D eigenvalue weighted by Crippen LogP contribution is 2.42. The lowest BCUT2D eigenvalue weighted by atomic mass is 10.1. The minimum absolute atomic E-state index is 0.210. The minimum atomic E-state index is 0.210. The van der Waals surface area contributed by atoms with Crippen molar-refractivity contribution in [3.05, 3.63) is 71.0 Å². The third-order valence-corrected chi connectivity index (χ3v) is 6.40. The number of nitrogens with zero attached hydrogens (tertiary/aromatic N) is 3. The van der Waals surface area contributed by atoms with Crippen molar-refractivity contribution in [3.63, 3.8) is 0 Å². The van der Waals surface area contributed by atoms with Crippen molar-refractivity contribution in [2.45, 2.75) is 44.2 Å². The van der Waals surface area contributed by atoms with E-state index in [0.717, 1.165) is 41.9 Å². The van der Waals surface area contributed by atoms with Gasteiger partial charge in [-0.25, -0.2) is 4.98 Å². The molecule has 0 radical (unpaired) electrons. The molecule has 2 aliphatic rings. The standard InChI is InChI=1S/C22H21N3OS/c26-21(12-17-14-27-22(24-17)16-5-3-11-23-13-16)25(18-8-9-18)20-10-7-15-4-1-2-6-19(15)20/h1-6,11,13-14,18,20H,7-10,12H2/t20-/m1/s1. The first kappa shape index (κ1) is 16.6. The Morgan fingerprint density at radius 1 is 1.15 bits per heavy atom. The molecule has 0 aliphatic heterocycles. The van der Waals surface area contributed by atoms with Gasteiger partial charge in [-0.1, -0.05) is 24.3 Å². The van der Waals surface area contributed by atoms with Crippen molar-refractivity contribution in [1.29, 1.82) is 0 Å². The van der Waals surface area contributed by atoms with Gasteiger partial charge in [-0.2, -0.15) is 0 Å². The number of rotatable bonds is 5. The summed E-state index contributed by atoms with van der Waals surface area (Å²) in [6.45, 7) is 0. The van der Waals surface area contributed by atoms with Crippen molar-refractivity contribution in [2.75, 3.05) is 0 Å². The van der Waals surface area contributed by atoms with E-state index >= 15 is 0 Å². The normalized spacial score (nSPS) is 18.3. The monoisotopic (exact) mass is 375 g/mol. The van der Waals surface area contributed by atoms with Crippen LogP contribution in [-0.4, -0.2) is 26.8 Å². The lowest BCUT2D eigenvalue weighted by molar-refractivity contribution is -0.133. The number of benzene rings is 1. The third-order valence-electron chi connectivity index (χ3n) is 5.46. The van der Waals surface area contributed by atoms with Gasteiger partial charge < -0.3 is 4.90 Å². The van der Waals surface area contributed by atoms with Gasteiger partial charge in [0.25, 0.3) is 0 Å². The van der Waals surface area contributed by atoms with Crippen molar-refractivity contribution < 1.29 is 4.79 Å². The van der Waals surface area contributed by atoms with Gasteiger partial charge in [0.2, 0.25) is 5.91 Å². The smallest absolute Gasteiger partial charge is 0.229 e. The predicted molar refractivity (Wildman–Crippen MR) is 106 cm³/mol. The summed E-state index contributed by atoms with van der Waals surface area (Å²) < 4.78 is 0. The molecule has 0 bridgehead atoms. The number of aromatic nitrogens is 2. The van der Waals surface area contributed by atoms with E-state index in [1.54, 1.807) is 17.5 Å². The molecule has 0 unspecified atom stereocenters. The minimum Gasteiger partial charge on any atom is -0.332 e. The highest BCUT2D eigenvalue weighted by Gasteiger charge is 2.40. The fourth-order valence-electron chi connectivity index (χ4n) is 4.06. The third kappa shape index (κ3) is 3.28. The van der Waals surface area contributed by atoms with Gasteiger partial charge in [0.05, 0.1) is 18.2 Å². The molecule has 0 spiro atoms. The second-order valence-electron chi connectivity index (χ2n) is 7.35. The number of hydrogen-bond acceptors (Lipinski definition) is 4. The van der Waals surface area contributed by atoms with Gasteiger partial charge in [-0.15, -0.1) is 11.3 Å². The van der Waals surface area contributed by atoms with Crippen LogP contribution in [0.1, 0.15) is 42.1 Å². The van der Waals surface area contributed by atoms with E-state index in [2.05, 4.69) is 39.1 Å². The molecular formula is C22H21N3OS. The molecule has 1 atom stereocenters. The molecule has 1 amide bonds. The molecule has 0 saturated heterocycles. The number of carbonyl (C=O) groups is 1. The summed E-state index contributed by atoms with van der Waals surface area (Å²) in [7, 11) is 0. The zero-order chi connectivity index (χ0) is 18.2. The molecule has 4 nitrogen and oxygen atoms in total. The highest BCUT2D eigenvalue weighted by atomic mass is 32.1. The largest absolute Gasteiger partial charge is 0.332 e. The summed E-state index contributed by atoms with van der Waals surface area (Å²) in [5.41, 5.74) is 4.60. The number of carbonyl (C=O) groups excluding carboxylic acids is 1. The first-order chi connectivity index (χ1) is 13.3. The molecule has 136 valence electrons. The van der Waals surface area contributed by atoms with Crippen molar-refractivity contribution in [2.24, 2.45) is 0 Å². The molecule has 3 aromatic rings. The van der Waals surface area contributed by atoms with E-state index < -0.39 is 0 Å². The van der Waals surface area contributed by atoms with Gasteiger partial charge >= 0.3 is 0 Å². The first-order valence-corrected chi connectivity index (χ1v) is 10.4. The van der Waals surface area contributed by atoms with Crippen LogP contribution in [0.3, 0.4) is 0 Å². The van der Waals surface area contributed by atoms with Gasteiger partial charge in [-0.3, -0.25) is 9.78 Å². The van der Waals surface area contributed by atoms with Crippen LogP contribution in [0.25, 0.3) is 10.6 Å².